The van der Waals surface area contributed by atoms with Gasteiger partial charge < -0.3 is 14.2 Å². The normalized spacial score (nSPS) is 12.7. The van der Waals surface area contributed by atoms with E-state index in [0.717, 1.165) is 103 Å². The molecule has 0 aliphatic carbocycles. The van der Waals surface area contributed by atoms with Crippen LogP contribution in [0.2, 0.25) is 0 Å². The second-order valence-corrected chi connectivity index (χ2v) is 23.1. The summed E-state index contributed by atoms with van der Waals surface area (Å²) in [5.41, 5.74) is 0. The maximum absolute atomic E-state index is 12.9. The lowest BCUT2D eigenvalue weighted by atomic mass is 10.0. The summed E-state index contributed by atoms with van der Waals surface area (Å²) in [5, 5.41) is 0. The van der Waals surface area contributed by atoms with Crippen molar-refractivity contribution in [3.63, 3.8) is 0 Å². The molecule has 0 N–H and O–H groups in total. The molecule has 0 rings (SSSR count). The van der Waals surface area contributed by atoms with Crippen molar-refractivity contribution in [1.82, 2.24) is 0 Å². The van der Waals surface area contributed by atoms with E-state index in [1.807, 2.05) is 0 Å². The summed E-state index contributed by atoms with van der Waals surface area (Å²) in [7, 11) is 0. The van der Waals surface area contributed by atoms with Crippen LogP contribution in [0.1, 0.15) is 342 Å². The minimum atomic E-state index is -0.779. The Morgan fingerprint density at radius 1 is 0.259 bits per heavy atom. The van der Waals surface area contributed by atoms with Crippen LogP contribution in [0.15, 0.2) is 97.2 Å². The van der Waals surface area contributed by atoms with Crippen molar-refractivity contribution in [1.29, 1.82) is 0 Å². The minimum absolute atomic E-state index is 0.0752. The number of carbonyl (C=O) groups excluding carboxylic acids is 3. The topological polar surface area (TPSA) is 78.9 Å². The second kappa shape index (κ2) is 68.8. The molecule has 0 bridgehead atoms. The third-order valence-corrected chi connectivity index (χ3v) is 15.1. The number of rotatable bonds is 63. The summed E-state index contributed by atoms with van der Waals surface area (Å²) < 4.78 is 17.0. The third kappa shape index (κ3) is 67.0. The highest BCUT2D eigenvalue weighted by Gasteiger charge is 2.19. The van der Waals surface area contributed by atoms with Crippen LogP contribution in [0.5, 0.6) is 0 Å². The van der Waals surface area contributed by atoms with Crippen molar-refractivity contribution in [2.45, 2.75) is 348 Å². The molecular formula is C75H130O6. The molecule has 466 valence electrons. The number of hydrogen-bond acceptors (Lipinski definition) is 6. The van der Waals surface area contributed by atoms with Crippen molar-refractivity contribution in [2.75, 3.05) is 13.2 Å². The van der Waals surface area contributed by atoms with E-state index in [4.69, 9.17) is 14.2 Å². The van der Waals surface area contributed by atoms with Gasteiger partial charge in [0.15, 0.2) is 6.10 Å². The fourth-order valence-electron chi connectivity index (χ4n) is 9.89. The number of ether oxygens (including phenoxy) is 3. The average molecular weight is 1130 g/mol. The van der Waals surface area contributed by atoms with Gasteiger partial charge in [-0.1, -0.05) is 317 Å². The molecule has 1 unspecified atom stereocenters. The molecule has 0 heterocycles. The van der Waals surface area contributed by atoms with Crippen LogP contribution in [0.4, 0.5) is 0 Å². The predicted molar refractivity (Wildman–Crippen MR) is 353 cm³/mol. The van der Waals surface area contributed by atoms with E-state index in [9.17, 15) is 14.4 Å². The Balaban J connectivity index is 4.23. The standard InChI is InChI=1S/C75H130O6/c1-4-7-10-13-16-19-22-25-27-29-30-31-32-33-34-35-36-37-38-39-40-41-42-43-44-46-47-50-53-56-59-62-65-68-74(77)80-71-72(70-79-73(76)67-64-61-58-55-52-49-24-21-18-15-12-9-6-3)81-75(78)69-66-63-60-57-54-51-48-45-28-26-23-20-17-14-11-8-5-2/h7,10,16,19,25-28,30-31,33-34,36-37,39-40,72H,4-6,8-9,11-15,17-18,20-24,29,32,35,38,41-71H2,1-3H3/b10-7-,19-16-,27-25-,28-26-,31-30-,34-33-,37-36-,40-39-. The number of unbranched alkanes of at least 4 members (excludes halogenated alkanes) is 36. The molecule has 0 aromatic heterocycles. The molecule has 0 aliphatic rings. The van der Waals surface area contributed by atoms with Crippen LogP contribution < -0.4 is 0 Å². The zero-order chi connectivity index (χ0) is 58.5. The summed E-state index contributed by atoms with van der Waals surface area (Å²) >= 11 is 0. The summed E-state index contributed by atoms with van der Waals surface area (Å²) in [6, 6.07) is 0. The van der Waals surface area contributed by atoms with Gasteiger partial charge in [0, 0.05) is 19.3 Å². The molecule has 0 saturated heterocycles. The Kier molecular flexibility index (Phi) is 65.7. The van der Waals surface area contributed by atoms with E-state index < -0.39 is 6.10 Å². The van der Waals surface area contributed by atoms with Gasteiger partial charge in [-0.05, 0) is 103 Å². The number of allylic oxidation sites excluding steroid dienone is 16. The van der Waals surface area contributed by atoms with E-state index >= 15 is 0 Å². The smallest absolute Gasteiger partial charge is 0.306 e. The molecule has 0 spiro atoms. The van der Waals surface area contributed by atoms with E-state index in [2.05, 4.69) is 118 Å². The van der Waals surface area contributed by atoms with Gasteiger partial charge in [0.2, 0.25) is 0 Å². The molecule has 0 saturated carbocycles. The first-order chi connectivity index (χ1) is 40.0. The molecule has 0 aromatic rings. The van der Waals surface area contributed by atoms with Crippen LogP contribution >= 0.6 is 0 Å². The van der Waals surface area contributed by atoms with Crippen molar-refractivity contribution in [3.8, 4) is 0 Å². The average Bonchev–Trinajstić information content (AvgIpc) is 3.46. The van der Waals surface area contributed by atoms with Crippen LogP contribution in [-0.4, -0.2) is 37.2 Å². The Hall–Kier alpha value is -3.67. The Bertz CT molecular complexity index is 1580. The molecule has 1 atom stereocenters. The molecule has 6 heteroatoms. The highest BCUT2D eigenvalue weighted by atomic mass is 16.6. The highest BCUT2D eigenvalue weighted by Crippen LogP contribution is 2.17. The van der Waals surface area contributed by atoms with Crippen LogP contribution in [0.25, 0.3) is 0 Å². The van der Waals surface area contributed by atoms with E-state index in [0.29, 0.717) is 19.3 Å². The quantitative estimate of drug-likeness (QED) is 0.0261. The molecule has 81 heavy (non-hydrogen) atoms. The SMILES string of the molecule is CC/C=C\C/C=C\C/C=C\C/C=C\C/C=C\C/C=C\C/C=C\CCCCCCCCCCCCCC(=O)OCC(COC(=O)CCCCCCCCCCCCCCC)OC(=O)CCCCCCCCC/C=C\CCCCCCCC. The Morgan fingerprint density at radius 2 is 0.481 bits per heavy atom. The second-order valence-electron chi connectivity index (χ2n) is 23.1. The van der Waals surface area contributed by atoms with Gasteiger partial charge in [-0.25, -0.2) is 0 Å². The molecular weight excluding hydrogens is 997 g/mol. The van der Waals surface area contributed by atoms with Crippen molar-refractivity contribution >= 4 is 17.9 Å². The van der Waals surface area contributed by atoms with E-state index in [1.54, 1.807) is 0 Å². The lowest BCUT2D eigenvalue weighted by Crippen LogP contribution is -2.30. The Labute approximate surface area is 502 Å². The summed E-state index contributed by atoms with van der Waals surface area (Å²) in [5.74, 6) is -0.867. The van der Waals surface area contributed by atoms with Gasteiger partial charge in [-0.2, -0.15) is 0 Å². The maximum atomic E-state index is 12.9. The van der Waals surface area contributed by atoms with Crippen molar-refractivity contribution < 1.29 is 28.6 Å². The minimum Gasteiger partial charge on any atom is -0.462 e. The van der Waals surface area contributed by atoms with Crippen LogP contribution in [0.3, 0.4) is 0 Å². The molecule has 0 fully saturated rings. The third-order valence-electron chi connectivity index (χ3n) is 15.1. The molecule has 0 aromatic carbocycles. The van der Waals surface area contributed by atoms with Gasteiger partial charge in [0.25, 0.3) is 0 Å². The first-order valence-electron chi connectivity index (χ1n) is 34.7. The maximum Gasteiger partial charge on any atom is 0.306 e. The Morgan fingerprint density at radius 3 is 0.765 bits per heavy atom. The predicted octanol–water partition coefficient (Wildman–Crippen LogP) is 24.0. The van der Waals surface area contributed by atoms with E-state index in [-0.39, 0.29) is 31.1 Å². The molecule has 0 radical (unpaired) electrons. The zero-order valence-electron chi connectivity index (χ0n) is 53.5. The number of carbonyl (C=O) groups is 3. The first kappa shape index (κ1) is 77.3. The molecule has 0 aliphatic heterocycles. The zero-order valence-corrected chi connectivity index (χ0v) is 53.5. The van der Waals surface area contributed by atoms with Gasteiger partial charge in [0.05, 0.1) is 0 Å². The van der Waals surface area contributed by atoms with Gasteiger partial charge in [-0.15, -0.1) is 0 Å². The summed E-state index contributed by atoms with van der Waals surface area (Å²) in [6.45, 7) is 6.55. The van der Waals surface area contributed by atoms with Gasteiger partial charge >= 0.3 is 17.9 Å². The molecule has 0 amide bonds. The first-order valence-corrected chi connectivity index (χ1v) is 34.7. The number of hydrogen-bond donors (Lipinski definition) is 0. The lowest BCUT2D eigenvalue weighted by molar-refractivity contribution is -0.167. The van der Waals surface area contributed by atoms with Crippen molar-refractivity contribution in [3.05, 3.63) is 97.2 Å². The largest absolute Gasteiger partial charge is 0.462 e. The summed E-state index contributed by atoms with van der Waals surface area (Å²) in [4.78, 5) is 38.4. The van der Waals surface area contributed by atoms with Crippen LogP contribution in [-0.2, 0) is 28.6 Å². The van der Waals surface area contributed by atoms with Crippen molar-refractivity contribution in [2.24, 2.45) is 0 Å². The monoisotopic (exact) mass is 1130 g/mol. The van der Waals surface area contributed by atoms with Gasteiger partial charge in [-0.3, -0.25) is 14.4 Å². The lowest BCUT2D eigenvalue weighted by Gasteiger charge is -2.18. The van der Waals surface area contributed by atoms with E-state index in [1.165, 1.54) is 199 Å². The van der Waals surface area contributed by atoms with Gasteiger partial charge in [0.1, 0.15) is 13.2 Å². The number of esters is 3. The molecule has 6 nitrogen and oxygen atoms in total. The fraction of sp³-hybridized carbons (Fsp3) is 0.747. The fourth-order valence-corrected chi connectivity index (χ4v) is 9.89. The highest BCUT2D eigenvalue weighted by molar-refractivity contribution is 5.71. The van der Waals surface area contributed by atoms with Crippen LogP contribution in [0, 0.1) is 0 Å². The summed E-state index contributed by atoms with van der Waals surface area (Å²) in [6.07, 6.45) is 92.8.